The van der Waals surface area contributed by atoms with Crippen LogP contribution >= 0.6 is 0 Å². The second-order valence-electron chi connectivity index (χ2n) is 6.31. The molecule has 2 nitrogen and oxygen atoms in total. The number of fused-ring (bicyclic) bond motifs is 1. The first kappa shape index (κ1) is 18.4. The van der Waals surface area contributed by atoms with Gasteiger partial charge in [-0.1, -0.05) is 72.8 Å². The lowest BCUT2D eigenvalue weighted by Crippen LogP contribution is -2.33. The minimum absolute atomic E-state index is 0.0217. The molecule has 3 aromatic rings. The van der Waals surface area contributed by atoms with Gasteiger partial charge in [0.15, 0.2) is 0 Å². The van der Waals surface area contributed by atoms with Gasteiger partial charge in [-0.25, -0.2) is 0 Å². The number of alkyl halides is 3. The summed E-state index contributed by atoms with van der Waals surface area (Å²) in [5, 5.41) is 15.3. The van der Waals surface area contributed by atoms with Crippen molar-refractivity contribution in [2.24, 2.45) is 0 Å². The molecule has 0 aliphatic rings. The SMILES string of the molecule is O[C@H](c1ccccc1)[C@H](CNCC(F)(F)F)c1ccc2ccccc2c1. The van der Waals surface area contributed by atoms with Gasteiger partial charge in [0.05, 0.1) is 12.6 Å². The third-order valence-electron chi connectivity index (χ3n) is 4.41. The molecule has 0 amide bonds. The van der Waals surface area contributed by atoms with Gasteiger partial charge in [-0.05, 0) is 21.9 Å². The predicted molar refractivity (Wildman–Crippen MR) is 97.0 cm³/mol. The largest absolute Gasteiger partial charge is 0.401 e. The molecular formula is C21H20F3NO. The third kappa shape index (κ3) is 4.62. The molecule has 26 heavy (non-hydrogen) atoms. The molecule has 2 N–H and O–H groups in total. The van der Waals surface area contributed by atoms with E-state index in [2.05, 4.69) is 5.32 Å². The average Bonchev–Trinajstić information content (AvgIpc) is 2.64. The minimum atomic E-state index is -4.29. The molecule has 0 aliphatic heterocycles. The number of hydrogen-bond donors (Lipinski definition) is 2. The second kappa shape index (κ2) is 7.89. The van der Waals surface area contributed by atoms with E-state index < -0.39 is 24.7 Å². The van der Waals surface area contributed by atoms with Gasteiger partial charge in [-0.2, -0.15) is 13.2 Å². The van der Waals surface area contributed by atoms with Gasteiger partial charge in [-0.15, -0.1) is 0 Å². The van der Waals surface area contributed by atoms with E-state index in [1.165, 1.54) is 0 Å². The van der Waals surface area contributed by atoms with Gasteiger partial charge in [0.1, 0.15) is 0 Å². The first-order valence-electron chi connectivity index (χ1n) is 8.43. The van der Waals surface area contributed by atoms with Crippen LogP contribution in [0.15, 0.2) is 72.8 Å². The second-order valence-corrected chi connectivity index (χ2v) is 6.31. The van der Waals surface area contributed by atoms with Crippen molar-refractivity contribution in [2.45, 2.75) is 18.2 Å². The van der Waals surface area contributed by atoms with Crippen molar-refractivity contribution in [3.63, 3.8) is 0 Å². The van der Waals surface area contributed by atoms with E-state index in [4.69, 9.17) is 0 Å². The van der Waals surface area contributed by atoms with E-state index in [1.807, 2.05) is 48.5 Å². The normalized spacial score (nSPS) is 14.3. The Morgan fingerprint density at radius 2 is 1.46 bits per heavy atom. The van der Waals surface area contributed by atoms with Crippen molar-refractivity contribution in [2.75, 3.05) is 13.1 Å². The highest BCUT2D eigenvalue weighted by Crippen LogP contribution is 2.32. The quantitative estimate of drug-likeness (QED) is 0.662. The Hall–Kier alpha value is -2.37. The Morgan fingerprint density at radius 3 is 2.15 bits per heavy atom. The maximum absolute atomic E-state index is 12.5. The van der Waals surface area contributed by atoms with Crippen LogP contribution in [0.1, 0.15) is 23.1 Å². The fourth-order valence-corrected chi connectivity index (χ4v) is 3.10. The standard InChI is InChI=1S/C21H20F3NO/c22-21(23,24)14-25-13-19(20(26)16-7-2-1-3-8-16)18-11-10-15-6-4-5-9-17(15)12-18/h1-12,19-20,25-26H,13-14H2/t19-,20-/m1/s1. The summed E-state index contributed by atoms with van der Waals surface area (Å²) in [6.45, 7) is -1.06. The Balaban J connectivity index is 1.90. The van der Waals surface area contributed by atoms with Crippen molar-refractivity contribution < 1.29 is 18.3 Å². The molecular weight excluding hydrogens is 339 g/mol. The Kier molecular flexibility index (Phi) is 5.59. The summed E-state index contributed by atoms with van der Waals surface area (Å²) in [5.41, 5.74) is 1.48. The van der Waals surface area contributed by atoms with Gasteiger partial charge in [0, 0.05) is 12.5 Å². The van der Waals surface area contributed by atoms with Crippen molar-refractivity contribution >= 4 is 10.8 Å². The highest BCUT2D eigenvalue weighted by molar-refractivity contribution is 5.83. The molecule has 0 spiro atoms. The van der Waals surface area contributed by atoms with Crippen LogP contribution in [-0.4, -0.2) is 24.4 Å². The van der Waals surface area contributed by atoms with Crippen LogP contribution in [0.2, 0.25) is 0 Å². The van der Waals surface area contributed by atoms with E-state index in [0.717, 1.165) is 16.3 Å². The van der Waals surface area contributed by atoms with E-state index in [9.17, 15) is 18.3 Å². The number of aliphatic hydroxyl groups excluding tert-OH is 1. The van der Waals surface area contributed by atoms with E-state index in [1.54, 1.807) is 24.3 Å². The number of aliphatic hydroxyl groups is 1. The molecule has 0 bridgehead atoms. The molecule has 2 atom stereocenters. The Bertz CT molecular complexity index is 849. The molecule has 0 radical (unpaired) electrons. The van der Waals surface area contributed by atoms with Crippen molar-refractivity contribution in [1.29, 1.82) is 0 Å². The maximum Gasteiger partial charge on any atom is 0.401 e. The number of nitrogens with one attached hydrogen (secondary N) is 1. The number of benzene rings is 3. The molecule has 136 valence electrons. The van der Waals surface area contributed by atoms with Crippen LogP contribution in [0.3, 0.4) is 0 Å². The van der Waals surface area contributed by atoms with Crippen LogP contribution in [0.4, 0.5) is 13.2 Å². The summed E-state index contributed by atoms with van der Waals surface area (Å²) in [6, 6.07) is 22.5. The summed E-state index contributed by atoms with van der Waals surface area (Å²) in [4.78, 5) is 0. The van der Waals surface area contributed by atoms with Gasteiger partial charge >= 0.3 is 6.18 Å². The number of rotatable bonds is 6. The first-order valence-corrected chi connectivity index (χ1v) is 8.43. The molecule has 3 aromatic carbocycles. The fraction of sp³-hybridized carbons (Fsp3) is 0.238. The summed E-state index contributed by atoms with van der Waals surface area (Å²) < 4.78 is 37.5. The lowest BCUT2D eigenvalue weighted by molar-refractivity contribution is -0.125. The topological polar surface area (TPSA) is 32.3 Å². The summed E-state index contributed by atoms with van der Waals surface area (Å²) in [6.07, 6.45) is -5.19. The van der Waals surface area contributed by atoms with E-state index in [-0.39, 0.29) is 6.54 Å². The molecule has 0 aromatic heterocycles. The van der Waals surface area contributed by atoms with Gasteiger partial charge in [0.25, 0.3) is 0 Å². The fourth-order valence-electron chi connectivity index (χ4n) is 3.10. The van der Waals surface area contributed by atoms with Crippen molar-refractivity contribution in [3.8, 4) is 0 Å². The zero-order chi connectivity index (χ0) is 18.6. The van der Waals surface area contributed by atoms with Crippen LogP contribution < -0.4 is 5.32 Å². The molecule has 0 saturated heterocycles. The average molecular weight is 359 g/mol. The minimum Gasteiger partial charge on any atom is -0.388 e. The van der Waals surface area contributed by atoms with Crippen molar-refractivity contribution in [1.82, 2.24) is 5.32 Å². The zero-order valence-electron chi connectivity index (χ0n) is 14.1. The predicted octanol–water partition coefficient (Wildman–Crippen LogP) is 4.81. The molecule has 0 heterocycles. The Labute approximate surface area is 150 Å². The Morgan fingerprint density at radius 1 is 0.808 bits per heavy atom. The molecule has 0 fully saturated rings. The van der Waals surface area contributed by atoms with Gasteiger partial charge in [-0.3, -0.25) is 0 Å². The summed E-state index contributed by atoms with van der Waals surface area (Å²) in [5.74, 6) is -0.496. The molecule has 0 aliphatic carbocycles. The molecule has 3 rings (SSSR count). The smallest absolute Gasteiger partial charge is 0.388 e. The van der Waals surface area contributed by atoms with Crippen molar-refractivity contribution in [3.05, 3.63) is 83.9 Å². The highest BCUT2D eigenvalue weighted by Gasteiger charge is 2.29. The first-order chi connectivity index (χ1) is 12.4. The van der Waals surface area contributed by atoms with Gasteiger partial charge < -0.3 is 10.4 Å². The third-order valence-corrected chi connectivity index (χ3v) is 4.41. The van der Waals surface area contributed by atoms with Crippen LogP contribution in [-0.2, 0) is 0 Å². The van der Waals surface area contributed by atoms with Crippen LogP contribution in [0.5, 0.6) is 0 Å². The molecule has 0 saturated carbocycles. The lowest BCUT2D eigenvalue weighted by atomic mass is 9.88. The number of halogens is 3. The van der Waals surface area contributed by atoms with Crippen LogP contribution in [0, 0.1) is 0 Å². The number of hydrogen-bond acceptors (Lipinski definition) is 2. The maximum atomic E-state index is 12.5. The lowest BCUT2D eigenvalue weighted by Gasteiger charge is -2.25. The zero-order valence-corrected chi connectivity index (χ0v) is 14.1. The monoisotopic (exact) mass is 359 g/mol. The van der Waals surface area contributed by atoms with Crippen LogP contribution in [0.25, 0.3) is 10.8 Å². The van der Waals surface area contributed by atoms with E-state index >= 15 is 0 Å². The molecule has 0 unspecified atom stereocenters. The highest BCUT2D eigenvalue weighted by atomic mass is 19.4. The summed E-state index contributed by atoms with van der Waals surface area (Å²) in [7, 11) is 0. The van der Waals surface area contributed by atoms with E-state index in [0.29, 0.717) is 5.56 Å². The summed E-state index contributed by atoms with van der Waals surface area (Å²) >= 11 is 0. The van der Waals surface area contributed by atoms with Gasteiger partial charge in [0.2, 0.25) is 0 Å². The molecule has 5 heteroatoms.